The number of hydrogen-bond donors (Lipinski definition) is 1. The van der Waals surface area contributed by atoms with Gasteiger partial charge in [0.1, 0.15) is 0 Å². The molecule has 0 aliphatic rings. The molecule has 1 heterocycles. The van der Waals surface area contributed by atoms with Crippen molar-refractivity contribution in [1.82, 2.24) is 0 Å². The van der Waals surface area contributed by atoms with E-state index in [1.807, 2.05) is 12.1 Å². The van der Waals surface area contributed by atoms with Gasteiger partial charge in [0.2, 0.25) is 0 Å². The molecule has 0 unspecified atom stereocenters. The van der Waals surface area contributed by atoms with Crippen LogP contribution in [0.2, 0.25) is 0 Å². The molecule has 1 aromatic heterocycles. The predicted octanol–water partition coefficient (Wildman–Crippen LogP) is 3.52. The van der Waals surface area contributed by atoms with Crippen molar-refractivity contribution in [3.63, 3.8) is 0 Å². The highest BCUT2D eigenvalue weighted by Gasteiger charge is 2.06. The van der Waals surface area contributed by atoms with E-state index in [-0.39, 0.29) is 6.61 Å². The van der Waals surface area contributed by atoms with Crippen molar-refractivity contribution in [1.29, 1.82) is 0 Å². The molecular formula is C13H14OS. The van der Waals surface area contributed by atoms with Gasteiger partial charge in [-0.3, -0.25) is 0 Å². The normalized spacial score (nSPS) is 10.6. The summed E-state index contributed by atoms with van der Waals surface area (Å²) in [7, 11) is 0. The van der Waals surface area contributed by atoms with Gasteiger partial charge in [0.05, 0.1) is 6.61 Å². The zero-order valence-electron chi connectivity index (χ0n) is 8.95. The molecule has 0 spiro atoms. The number of hydrogen-bond acceptors (Lipinski definition) is 2. The van der Waals surface area contributed by atoms with Gasteiger partial charge in [0, 0.05) is 0 Å². The fourth-order valence-electron chi connectivity index (χ4n) is 1.76. The molecule has 0 fully saturated rings. The molecule has 0 amide bonds. The predicted molar refractivity (Wildman–Crippen MR) is 65.2 cm³/mol. The monoisotopic (exact) mass is 218 g/mol. The topological polar surface area (TPSA) is 20.2 Å². The summed E-state index contributed by atoms with van der Waals surface area (Å²) >= 11 is 1.73. The highest BCUT2D eigenvalue weighted by atomic mass is 32.1. The van der Waals surface area contributed by atoms with Crippen LogP contribution >= 0.6 is 11.3 Å². The van der Waals surface area contributed by atoms with Crippen molar-refractivity contribution >= 4 is 11.3 Å². The number of aliphatic hydroxyl groups excluding tert-OH is 1. The fraction of sp³-hybridized carbons (Fsp3) is 0.231. The van der Waals surface area contributed by atoms with E-state index in [4.69, 9.17) is 5.11 Å². The molecule has 0 saturated carbocycles. The summed E-state index contributed by atoms with van der Waals surface area (Å²) in [6.07, 6.45) is 0. The van der Waals surface area contributed by atoms with Crippen molar-refractivity contribution in [2.24, 2.45) is 0 Å². The van der Waals surface area contributed by atoms with Gasteiger partial charge in [-0.25, -0.2) is 0 Å². The Morgan fingerprint density at radius 1 is 1.07 bits per heavy atom. The maximum atomic E-state index is 9.04. The SMILES string of the molecule is Cc1cc(CO)ccc1-c1cscc1C. The molecule has 0 bridgehead atoms. The highest BCUT2D eigenvalue weighted by Crippen LogP contribution is 2.29. The minimum absolute atomic E-state index is 0.115. The number of aryl methyl sites for hydroxylation is 2. The molecule has 0 atom stereocenters. The van der Waals surface area contributed by atoms with Crippen LogP contribution in [0.1, 0.15) is 16.7 Å². The van der Waals surface area contributed by atoms with Crippen LogP contribution in [0, 0.1) is 13.8 Å². The minimum atomic E-state index is 0.115. The van der Waals surface area contributed by atoms with Crippen LogP contribution in [-0.2, 0) is 6.61 Å². The Morgan fingerprint density at radius 3 is 2.40 bits per heavy atom. The first kappa shape index (κ1) is 10.4. The van der Waals surface area contributed by atoms with Crippen LogP contribution < -0.4 is 0 Å². The number of aliphatic hydroxyl groups is 1. The maximum absolute atomic E-state index is 9.04. The summed E-state index contributed by atoms with van der Waals surface area (Å²) in [5.74, 6) is 0. The zero-order valence-corrected chi connectivity index (χ0v) is 9.77. The van der Waals surface area contributed by atoms with Gasteiger partial charge in [-0.05, 0) is 52.4 Å². The summed E-state index contributed by atoms with van der Waals surface area (Å²) in [5, 5.41) is 13.4. The van der Waals surface area contributed by atoms with E-state index in [0.717, 1.165) is 5.56 Å². The average molecular weight is 218 g/mol. The molecule has 1 nitrogen and oxygen atoms in total. The van der Waals surface area contributed by atoms with Crippen LogP contribution in [0.5, 0.6) is 0 Å². The van der Waals surface area contributed by atoms with Crippen molar-refractivity contribution < 1.29 is 5.11 Å². The first-order chi connectivity index (χ1) is 7.22. The largest absolute Gasteiger partial charge is 0.392 e. The van der Waals surface area contributed by atoms with Crippen molar-refractivity contribution in [3.8, 4) is 11.1 Å². The molecule has 0 aliphatic heterocycles. The van der Waals surface area contributed by atoms with Gasteiger partial charge in [-0.15, -0.1) is 0 Å². The lowest BCUT2D eigenvalue weighted by molar-refractivity contribution is 0.282. The van der Waals surface area contributed by atoms with E-state index in [1.54, 1.807) is 11.3 Å². The zero-order chi connectivity index (χ0) is 10.8. The van der Waals surface area contributed by atoms with Crippen LogP contribution in [0.15, 0.2) is 29.0 Å². The Balaban J connectivity index is 2.50. The number of benzene rings is 1. The summed E-state index contributed by atoms with van der Waals surface area (Å²) < 4.78 is 0. The second-order valence-electron chi connectivity index (χ2n) is 3.78. The van der Waals surface area contributed by atoms with Gasteiger partial charge in [0.15, 0.2) is 0 Å². The van der Waals surface area contributed by atoms with Crippen LogP contribution in [0.25, 0.3) is 11.1 Å². The Kier molecular flexibility index (Phi) is 2.89. The second kappa shape index (κ2) is 4.17. The van der Waals surface area contributed by atoms with Crippen LogP contribution in [-0.4, -0.2) is 5.11 Å². The van der Waals surface area contributed by atoms with Crippen LogP contribution in [0.4, 0.5) is 0 Å². The molecule has 0 aliphatic carbocycles. The third kappa shape index (κ3) is 1.96. The first-order valence-electron chi connectivity index (χ1n) is 4.96. The molecule has 1 aromatic carbocycles. The Bertz CT molecular complexity index is 471. The smallest absolute Gasteiger partial charge is 0.0681 e. The molecular weight excluding hydrogens is 204 g/mol. The third-order valence-corrected chi connectivity index (χ3v) is 3.48. The number of rotatable bonds is 2. The first-order valence-corrected chi connectivity index (χ1v) is 5.90. The Morgan fingerprint density at radius 2 is 1.87 bits per heavy atom. The molecule has 78 valence electrons. The lowest BCUT2D eigenvalue weighted by Gasteiger charge is -2.07. The Labute approximate surface area is 94.0 Å². The van der Waals surface area contributed by atoms with Crippen molar-refractivity contribution in [2.45, 2.75) is 20.5 Å². The highest BCUT2D eigenvalue weighted by molar-refractivity contribution is 7.08. The molecule has 2 rings (SSSR count). The quantitative estimate of drug-likeness (QED) is 0.817. The van der Waals surface area contributed by atoms with Gasteiger partial charge in [-0.2, -0.15) is 11.3 Å². The van der Waals surface area contributed by atoms with E-state index in [0.29, 0.717) is 0 Å². The molecule has 0 radical (unpaired) electrons. The van der Waals surface area contributed by atoms with Crippen molar-refractivity contribution in [2.75, 3.05) is 0 Å². The lowest BCUT2D eigenvalue weighted by Crippen LogP contribution is -1.88. The van der Waals surface area contributed by atoms with Gasteiger partial charge in [-0.1, -0.05) is 18.2 Å². The summed E-state index contributed by atoms with van der Waals surface area (Å²) in [5.41, 5.74) is 6.10. The van der Waals surface area contributed by atoms with Crippen LogP contribution in [0.3, 0.4) is 0 Å². The number of thiophene rings is 1. The van der Waals surface area contributed by atoms with E-state index in [9.17, 15) is 0 Å². The molecule has 2 heteroatoms. The summed E-state index contributed by atoms with van der Waals surface area (Å²) in [6.45, 7) is 4.33. The average Bonchev–Trinajstić information content (AvgIpc) is 2.64. The third-order valence-electron chi connectivity index (χ3n) is 2.62. The van der Waals surface area contributed by atoms with E-state index >= 15 is 0 Å². The fourth-order valence-corrected chi connectivity index (χ4v) is 2.61. The summed E-state index contributed by atoms with van der Waals surface area (Å²) in [6, 6.07) is 6.13. The van der Waals surface area contributed by atoms with Crippen molar-refractivity contribution in [3.05, 3.63) is 45.6 Å². The van der Waals surface area contributed by atoms with Gasteiger partial charge < -0.3 is 5.11 Å². The Hall–Kier alpha value is -1.12. The molecule has 0 saturated heterocycles. The lowest BCUT2D eigenvalue weighted by atomic mass is 9.98. The second-order valence-corrected chi connectivity index (χ2v) is 4.52. The minimum Gasteiger partial charge on any atom is -0.392 e. The maximum Gasteiger partial charge on any atom is 0.0681 e. The van der Waals surface area contributed by atoms with E-state index in [1.165, 1.54) is 22.3 Å². The standard InChI is InChI=1S/C13H14OS/c1-9-5-11(6-14)3-4-12(9)13-8-15-7-10(13)2/h3-5,7-8,14H,6H2,1-2H3. The summed E-state index contributed by atoms with van der Waals surface area (Å²) in [4.78, 5) is 0. The molecule has 15 heavy (non-hydrogen) atoms. The molecule has 2 aromatic rings. The van der Waals surface area contributed by atoms with Gasteiger partial charge >= 0.3 is 0 Å². The molecule has 1 N–H and O–H groups in total. The van der Waals surface area contributed by atoms with E-state index < -0.39 is 0 Å². The van der Waals surface area contributed by atoms with E-state index in [2.05, 4.69) is 30.7 Å². The van der Waals surface area contributed by atoms with Gasteiger partial charge in [0.25, 0.3) is 0 Å².